The van der Waals surface area contributed by atoms with Crippen LogP contribution in [0, 0.1) is 0 Å². The Morgan fingerprint density at radius 3 is 2.75 bits per heavy atom. The predicted octanol–water partition coefficient (Wildman–Crippen LogP) is 2.72. The first-order chi connectivity index (χ1) is 9.47. The summed E-state index contributed by atoms with van der Waals surface area (Å²) in [5.74, 6) is 1.30. The van der Waals surface area contributed by atoms with Gasteiger partial charge in [0.05, 0.1) is 12.7 Å². The van der Waals surface area contributed by atoms with E-state index in [2.05, 4.69) is 10.1 Å². The highest BCUT2D eigenvalue weighted by atomic mass is 16.5. The Kier molecular flexibility index (Phi) is 3.94. The van der Waals surface area contributed by atoms with Crippen LogP contribution >= 0.6 is 0 Å². The molecule has 0 aliphatic carbocycles. The second kappa shape index (κ2) is 5.50. The lowest BCUT2D eigenvalue weighted by Gasteiger charge is -2.19. The van der Waals surface area contributed by atoms with E-state index in [0.717, 1.165) is 0 Å². The highest BCUT2D eigenvalue weighted by Crippen LogP contribution is 2.33. The van der Waals surface area contributed by atoms with Gasteiger partial charge >= 0.3 is 0 Å². The normalized spacial score (nSPS) is 11.6. The summed E-state index contributed by atoms with van der Waals surface area (Å²) >= 11 is 0. The molecule has 1 heterocycles. The van der Waals surface area contributed by atoms with Crippen molar-refractivity contribution in [1.82, 2.24) is 10.1 Å². The molecule has 0 saturated carbocycles. The quantitative estimate of drug-likeness (QED) is 0.906. The topological polar surface area (TPSA) is 77.6 Å². The van der Waals surface area contributed by atoms with Crippen molar-refractivity contribution in [3.05, 3.63) is 24.0 Å². The summed E-state index contributed by atoms with van der Waals surface area (Å²) in [4.78, 5) is 4.29. The van der Waals surface area contributed by atoms with Gasteiger partial charge in [-0.2, -0.15) is 4.98 Å². The molecule has 2 aromatic rings. The molecule has 6 nitrogen and oxygen atoms in total. The molecule has 2 rings (SSSR count). The van der Waals surface area contributed by atoms with Crippen molar-refractivity contribution in [3.63, 3.8) is 0 Å². The van der Waals surface area contributed by atoms with E-state index in [1.54, 1.807) is 19.2 Å². The fraction of sp³-hybridized carbons (Fsp3) is 0.429. The van der Waals surface area contributed by atoms with Gasteiger partial charge in [-0.3, -0.25) is 0 Å². The molecule has 0 atom stereocenters. The number of hydrogen-bond acceptors (Lipinski definition) is 6. The molecule has 0 bridgehead atoms. The number of nitrogens with zero attached hydrogens (tertiary/aromatic N) is 2. The summed E-state index contributed by atoms with van der Waals surface area (Å²) in [6.45, 7) is 6.16. The fourth-order valence-electron chi connectivity index (χ4n) is 1.82. The summed E-state index contributed by atoms with van der Waals surface area (Å²) in [5, 5.41) is 13.8. The number of hydrogen-bond donors (Lipinski definition) is 1. The van der Waals surface area contributed by atoms with Crippen LogP contribution in [0.4, 0.5) is 0 Å². The van der Waals surface area contributed by atoms with E-state index in [0.29, 0.717) is 23.7 Å². The molecular weight excluding hydrogens is 260 g/mol. The van der Waals surface area contributed by atoms with Crippen molar-refractivity contribution in [2.45, 2.75) is 26.4 Å². The number of methoxy groups -OCH3 is 1. The van der Waals surface area contributed by atoms with Crippen LogP contribution in [0.25, 0.3) is 11.5 Å². The van der Waals surface area contributed by atoms with Gasteiger partial charge < -0.3 is 19.1 Å². The van der Waals surface area contributed by atoms with Crippen LogP contribution < -0.4 is 4.74 Å². The van der Waals surface area contributed by atoms with E-state index < -0.39 is 5.60 Å². The zero-order chi connectivity index (χ0) is 14.8. The van der Waals surface area contributed by atoms with Crippen molar-refractivity contribution < 1.29 is 19.1 Å². The second-order valence-electron chi connectivity index (χ2n) is 4.75. The Hall–Kier alpha value is -2.08. The Morgan fingerprint density at radius 1 is 1.35 bits per heavy atom. The standard InChI is InChI=1S/C14H18N2O4/c1-5-19-14(2,3)13-15-12(20-16-13)10-8-9(18-4)6-7-11(10)17/h6-8,17H,5H2,1-4H3. The Bertz CT molecular complexity index is 593. The lowest BCUT2D eigenvalue weighted by Crippen LogP contribution is -2.23. The maximum atomic E-state index is 9.88. The smallest absolute Gasteiger partial charge is 0.261 e. The van der Waals surface area contributed by atoms with Crippen LogP contribution in [-0.2, 0) is 10.3 Å². The third-order valence-electron chi connectivity index (χ3n) is 2.90. The molecule has 6 heteroatoms. The van der Waals surface area contributed by atoms with Crippen molar-refractivity contribution in [2.75, 3.05) is 13.7 Å². The minimum absolute atomic E-state index is 0.0511. The first-order valence-corrected chi connectivity index (χ1v) is 6.33. The van der Waals surface area contributed by atoms with E-state index in [1.165, 1.54) is 6.07 Å². The molecule has 0 saturated heterocycles. The summed E-state index contributed by atoms with van der Waals surface area (Å²) in [6, 6.07) is 4.81. The highest BCUT2D eigenvalue weighted by molar-refractivity contribution is 5.64. The Labute approximate surface area is 117 Å². The monoisotopic (exact) mass is 278 g/mol. The van der Waals surface area contributed by atoms with E-state index >= 15 is 0 Å². The summed E-state index contributed by atoms with van der Waals surface area (Å²) in [5.41, 5.74) is -0.222. The number of phenols is 1. The number of phenolic OH excluding ortho intramolecular Hbond substituents is 1. The number of benzene rings is 1. The molecule has 0 amide bonds. The molecule has 1 aromatic heterocycles. The average molecular weight is 278 g/mol. The molecule has 0 aliphatic heterocycles. The molecule has 1 N–H and O–H groups in total. The van der Waals surface area contributed by atoms with Gasteiger partial charge in [0.2, 0.25) is 5.82 Å². The van der Waals surface area contributed by atoms with Gasteiger partial charge in [0.25, 0.3) is 5.89 Å². The van der Waals surface area contributed by atoms with Crippen LogP contribution in [0.3, 0.4) is 0 Å². The molecular formula is C14H18N2O4. The largest absolute Gasteiger partial charge is 0.507 e. The van der Waals surface area contributed by atoms with Crippen LogP contribution in [0.1, 0.15) is 26.6 Å². The Morgan fingerprint density at radius 2 is 2.10 bits per heavy atom. The maximum Gasteiger partial charge on any atom is 0.261 e. The van der Waals surface area contributed by atoms with Crippen molar-refractivity contribution in [1.29, 1.82) is 0 Å². The van der Waals surface area contributed by atoms with Gasteiger partial charge in [0.1, 0.15) is 17.1 Å². The first kappa shape index (κ1) is 14.3. The van der Waals surface area contributed by atoms with Gasteiger partial charge in [-0.1, -0.05) is 5.16 Å². The van der Waals surface area contributed by atoms with Crippen LogP contribution in [-0.4, -0.2) is 29.0 Å². The van der Waals surface area contributed by atoms with Crippen molar-refractivity contribution in [3.8, 4) is 23.0 Å². The third-order valence-corrected chi connectivity index (χ3v) is 2.90. The molecule has 0 unspecified atom stereocenters. The van der Waals surface area contributed by atoms with Gasteiger partial charge in [0.15, 0.2) is 0 Å². The van der Waals surface area contributed by atoms with Crippen LogP contribution in [0.5, 0.6) is 11.5 Å². The van der Waals surface area contributed by atoms with Crippen molar-refractivity contribution >= 4 is 0 Å². The van der Waals surface area contributed by atoms with E-state index in [9.17, 15) is 5.11 Å². The van der Waals surface area contributed by atoms with Crippen LogP contribution in [0.2, 0.25) is 0 Å². The number of ether oxygens (including phenoxy) is 2. The maximum absolute atomic E-state index is 9.88. The molecule has 108 valence electrons. The Balaban J connectivity index is 2.38. The summed E-state index contributed by atoms with van der Waals surface area (Å²) < 4.78 is 15.9. The summed E-state index contributed by atoms with van der Waals surface area (Å²) in [6.07, 6.45) is 0. The molecule has 0 radical (unpaired) electrons. The van der Waals surface area contributed by atoms with Crippen molar-refractivity contribution in [2.24, 2.45) is 0 Å². The number of aromatic nitrogens is 2. The van der Waals surface area contributed by atoms with Gasteiger partial charge in [-0.05, 0) is 39.0 Å². The lowest BCUT2D eigenvalue weighted by molar-refractivity contribution is -0.0221. The minimum Gasteiger partial charge on any atom is -0.507 e. The molecule has 0 fully saturated rings. The number of aromatic hydroxyl groups is 1. The van der Waals surface area contributed by atoms with E-state index in [-0.39, 0.29) is 11.6 Å². The third kappa shape index (κ3) is 2.75. The fourth-order valence-corrected chi connectivity index (χ4v) is 1.82. The van der Waals surface area contributed by atoms with E-state index in [4.69, 9.17) is 14.0 Å². The zero-order valence-electron chi connectivity index (χ0n) is 12.0. The summed E-state index contributed by atoms with van der Waals surface area (Å²) in [7, 11) is 1.55. The van der Waals surface area contributed by atoms with Gasteiger partial charge in [0, 0.05) is 6.61 Å². The van der Waals surface area contributed by atoms with Gasteiger partial charge in [-0.25, -0.2) is 0 Å². The molecule has 0 spiro atoms. The predicted molar refractivity (Wildman–Crippen MR) is 72.6 cm³/mol. The second-order valence-corrected chi connectivity index (χ2v) is 4.75. The minimum atomic E-state index is -0.648. The lowest BCUT2D eigenvalue weighted by atomic mass is 10.1. The zero-order valence-corrected chi connectivity index (χ0v) is 12.0. The highest BCUT2D eigenvalue weighted by Gasteiger charge is 2.28. The molecule has 20 heavy (non-hydrogen) atoms. The SMILES string of the molecule is CCOC(C)(C)c1noc(-c2cc(OC)ccc2O)n1. The first-order valence-electron chi connectivity index (χ1n) is 6.33. The molecule has 1 aromatic carbocycles. The van der Waals surface area contributed by atoms with E-state index in [1.807, 2.05) is 20.8 Å². The molecule has 0 aliphatic rings. The van der Waals surface area contributed by atoms with Gasteiger partial charge in [-0.15, -0.1) is 0 Å². The van der Waals surface area contributed by atoms with Crippen LogP contribution in [0.15, 0.2) is 22.7 Å². The average Bonchev–Trinajstić information content (AvgIpc) is 2.89. The number of rotatable bonds is 5.